The number of rotatable bonds is 5. The van der Waals surface area contributed by atoms with Crippen LogP contribution < -0.4 is 0 Å². The normalized spacial score (nSPS) is 11.3. The van der Waals surface area contributed by atoms with Crippen LogP contribution in [0.4, 0.5) is 5.69 Å². The molecular weight excluding hydrogens is 232 g/mol. The lowest BCUT2D eigenvalue weighted by Crippen LogP contribution is -2.11. The molecule has 0 saturated carbocycles. The van der Waals surface area contributed by atoms with Crippen LogP contribution in [0.1, 0.15) is 38.1 Å². The first-order valence-electron chi connectivity index (χ1n) is 5.88. The average Bonchev–Trinajstić information content (AvgIpc) is 2.54. The Morgan fingerprint density at radius 1 is 1.50 bits per heavy atom. The van der Waals surface area contributed by atoms with E-state index in [1.165, 1.54) is 0 Å². The summed E-state index contributed by atoms with van der Waals surface area (Å²) in [7, 11) is 0. The Labute approximate surface area is 106 Å². The van der Waals surface area contributed by atoms with E-state index in [1.807, 2.05) is 13.8 Å². The third kappa shape index (κ3) is 3.06. The lowest BCUT2D eigenvalue weighted by molar-refractivity contribution is -0.386. The molecule has 1 aromatic rings. The molecule has 0 bridgehead atoms. The molecule has 0 amide bonds. The fourth-order valence-corrected chi connectivity index (χ4v) is 1.90. The molecule has 0 aliphatic heterocycles. The Kier molecular flexibility index (Phi) is 4.07. The lowest BCUT2D eigenvalue weighted by atomic mass is 9.90. The molecule has 18 heavy (non-hydrogen) atoms. The van der Waals surface area contributed by atoms with Crippen LogP contribution in [-0.4, -0.2) is 14.7 Å². The molecule has 0 aliphatic carbocycles. The van der Waals surface area contributed by atoms with E-state index in [1.54, 1.807) is 18.5 Å². The van der Waals surface area contributed by atoms with Crippen molar-refractivity contribution in [1.82, 2.24) is 9.78 Å². The van der Waals surface area contributed by atoms with Crippen LogP contribution in [0.2, 0.25) is 0 Å². The summed E-state index contributed by atoms with van der Waals surface area (Å²) in [5.41, 5.74) is 0.751. The summed E-state index contributed by atoms with van der Waals surface area (Å²) in [6, 6.07) is 2.24. The molecular formula is C12H18N4O2. The first-order valence-corrected chi connectivity index (χ1v) is 5.88. The van der Waals surface area contributed by atoms with E-state index in [4.69, 9.17) is 5.26 Å². The summed E-state index contributed by atoms with van der Waals surface area (Å²) in [5.74, 6) is 0. The number of hydrogen-bond acceptors (Lipinski definition) is 4. The zero-order valence-corrected chi connectivity index (χ0v) is 11.2. The van der Waals surface area contributed by atoms with Crippen molar-refractivity contribution in [3.63, 3.8) is 0 Å². The van der Waals surface area contributed by atoms with E-state index < -0.39 is 4.92 Å². The zero-order chi connectivity index (χ0) is 13.9. The average molecular weight is 250 g/mol. The van der Waals surface area contributed by atoms with Gasteiger partial charge in [0.1, 0.15) is 11.4 Å². The van der Waals surface area contributed by atoms with Crippen molar-refractivity contribution in [3.05, 3.63) is 21.5 Å². The fraction of sp³-hybridized carbons (Fsp3) is 0.667. The van der Waals surface area contributed by atoms with Gasteiger partial charge in [-0.05, 0) is 40.5 Å². The van der Waals surface area contributed by atoms with Crippen LogP contribution in [0.3, 0.4) is 0 Å². The van der Waals surface area contributed by atoms with Crippen LogP contribution in [-0.2, 0) is 6.54 Å². The van der Waals surface area contributed by atoms with Gasteiger partial charge in [0, 0.05) is 6.54 Å². The first kappa shape index (κ1) is 14.2. The smallest absolute Gasteiger partial charge is 0.262 e. The van der Waals surface area contributed by atoms with Crippen molar-refractivity contribution in [2.24, 2.45) is 5.41 Å². The summed E-state index contributed by atoms with van der Waals surface area (Å²) in [6.45, 7) is 7.72. The quantitative estimate of drug-likeness (QED) is 0.594. The second kappa shape index (κ2) is 5.17. The van der Waals surface area contributed by atoms with Gasteiger partial charge in [0.15, 0.2) is 0 Å². The van der Waals surface area contributed by atoms with Crippen molar-refractivity contribution in [2.75, 3.05) is 0 Å². The molecule has 0 aromatic carbocycles. The van der Waals surface area contributed by atoms with Gasteiger partial charge in [-0.3, -0.25) is 14.8 Å². The number of nitrogens with zero attached hydrogens (tertiary/aromatic N) is 4. The Morgan fingerprint density at radius 2 is 2.11 bits per heavy atom. The zero-order valence-electron chi connectivity index (χ0n) is 11.2. The monoisotopic (exact) mass is 250 g/mol. The summed E-state index contributed by atoms with van der Waals surface area (Å²) >= 11 is 0. The summed E-state index contributed by atoms with van der Waals surface area (Å²) < 4.78 is 1.65. The number of aromatic nitrogens is 2. The van der Waals surface area contributed by atoms with Gasteiger partial charge in [-0.15, -0.1) is 0 Å². The van der Waals surface area contributed by atoms with E-state index in [2.05, 4.69) is 11.2 Å². The fourth-order valence-electron chi connectivity index (χ4n) is 1.90. The Hall–Kier alpha value is -1.90. The molecule has 0 saturated heterocycles. The largest absolute Gasteiger partial charge is 0.312 e. The Bertz CT molecular complexity index is 497. The van der Waals surface area contributed by atoms with Crippen LogP contribution in [0, 0.1) is 40.7 Å². The van der Waals surface area contributed by atoms with Crippen LogP contribution in [0.15, 0.2) is 0 Å². The highest BCUT2D eigenvalue weighted by atomic mass is 16.6. The van der Waals surface area contributed by atoms with E-state index >= 15 is 0 Å². The molecule has 6 heteroatoms. The summed E-state index contributed by atoms with van der Waals surface area (Å²) in [6.07, 6.45) is 1.52. The van der Waals surface area contributed by atoms with Gasteiger partial charge in [-0.2, -0.15) is 10.4 Å². The maximum Gasteiger partial charge on any atom is 0.312 e. The van der Waals surface area contributed by atoms with E-state index in [9.17, 15) is 10.1 Å². The van der Waals surface area contributed by atoms with Gasteiger partial charge >= 0.3 is 5.69 Å². The maximum absolute atomic E-state index is 10.8. The molecule has 0 aliphatic rings. The molecule has 0 radical (unpaired) electrons. The van der Waals surface area contributed by atoms with Gasteiger partial charge in [0.25, 0.3) is 0 Å². The van der Waals surface area contributed by atoms with Gasteiger partial charge in [0.05, 0.1) is 16.4 Å². The van der Waals surface area contributed by atoms with Crippen LogP contribution >= 0.6 is 0 Å². The number of nitro groups is 1. The van der Waals surface area contributed by atoms with Crippen LogP contribution in [0.5, 0.6) is 0 Å². The number of nitriles is 1. The topological polar surface area (TPSA) is 84.8 Å². The molecule has 1 aromatic heterocycles. The summed E-state index contributed by atoms with van der Waals surface area (Å²) in [4.78, 5) is 10.4. The molecule has 0 unspecified atom stereocenters. The number of hydrogen-bond donors (Lipinski definition) is 0. The van der Waals surface area contributed by atoms with Crippen molar-refractivity contribution >= 4 is 5.69 Å². The van der Waals surface area contributed by atoms with Gasteiger partial charge in [-0.1, -0.05) is 0 Å². The highest BCUT2D eigenvalue weighted by Gasteiger charge is 2.22. The predicted octanol–water partition coefficient (Wildman–Crippen LogP) is 2.74. The van der Waals surface area contributed by atoms with Gasteiger partial charge in [0.2, 0.25) is 0 Å². The maximum atomic E-state index is 10.8. The Morgan fingerprint density at radius 3 is 2.56 bits per heavy atom. The minimum Gasteiger partial charge on any atom is -0.262 e. The standard InChI is InChI=1S/C12H18N4O2/c1-9-11(16(17)18)10(2)15(14-9)7-5-6-12(3,4)8-13/h5-7H2,1-4H3. The third-order valence-corrected chi connectivity index (χ3v) is 3.00. The molecule has 98 valence electrons. The molecule has 0 atom stereocenters. The second-order valence-corrected chi connectivity index (χ2v) is 5.10. The van der Waals surface area contributed by atoms with E-state index in [0.717, 1.165) is 12.8 Å². The highest BCUT2D eigenvalue weighted by molar-refractivity contribution is 5.39. The third-order valence-electron chi connectivity index (χ3n) is 3.00. The van der Waals surface area contributed by atoms with Gasteiger partial charge in [-0.25, -0.2) is 0 Å². The van der Waals surface area contributed by atoms with Crippen molar-refractivity contribution in [1.29, 1.82) is 5.26 Å². The van der Waals surface area contributed by atoms with Crippen molar-refractivity contribution < 1.29 is 4.92 Å². The van der Waals surface area contributed by atoms with Crippen molar-refractivity contribution in [3.8, 4) is 6.07 Å². The molecule has 1 rings (SSSR count). The SMILES string of the molecule is Cc1nn(CCCC(C)(C)C#N)c(C)c1[N+](=O)[O-]. The van der Waals surface area contributed by atoms with Crippen LogP contribution in [0.25, 0.3) is 0 Å². The highest BCUT2D eigenvalue weighted by Crippen LogP contribution is 2.24. The number of aryl methyl sites for hydroxylation is 2. The van der Waals surface area contributed by atoms with E-state index in [0.29, 0.717) is 17.9 Å². The first-order chi connectivity index (χ1) is 8.28. The van der Waals surface area contributed by atoms with Crippen molar-refractivity contribution in [2.45, 2.75) is 47.1 Å². The predicted molar refractivity (Wildman–Crippen MR) is 67.0 cm³/mol. The minimum absolute atomic E-state index is 0.0922. The molecule has 0 fully saturated rings. The molecule has 1 heterocycles. The Balaban J connectivity index is 2.73. The minimum atomic E-state index is -0.395. The molecule has 0 N–H and O–H groups in total. The lowest BCUT2D eigenvalue weighted by Gasteiger charge is -2.14. The summed E-state index contributed by atoms with van der Waals surface area (Å²) in [5, 5.41) is 23.9. The second-order valence-electron chi connectivity index (χ2n) is 5.10. The molecule has 0 spiro atoms. The molecule has 6 nitrogen and oxygen atoms in total. The van der Waals surface area contributed by atoms with Gasteiger partial charge < -0.3 is 0 Å². The van der Waals surface area contributed by atoms with E-state index in [-0.39, 0.29) is 11.1 Å².